The van der Waals surface area contributed by atoms with Crippen molar-refractivity contribution in [2.45, 2.75) is 38.7 Å². The molecule has 9 nitrogen and oxygen atoms in total. The van der Waals surface area contributed by atoms with Crippen LogP contribution in [0.1, 0.15) is 48.7 Å². The first kappa shape index (κ1) is 17.0. The molecule has 0 radical (unpaired) electrons. The summed E-state index contributed by atoms with van der Waals surface area (Å²) >= 11 is 0. The molecule has 0 saturated carbocycles. The molecule has 134 valence electrons. The summed E-state index contributed by atoms with van der Waals surface area (Å²) in [5, 5.41) is 4.19. The first-order chi connectivity index (χ1) is 11.9. The van der Waals surface area contributed by atoms with Gasteiger partial charge in [0.25, 0.3) is 11.5 Å². The average Bonchev–Trinajstić information content (AvgIpc) is 2.97. The minimum Gasteiger partial charge on any atom is -0.447 e. The molecule has 0 unspecified atom stereocenters. The van der Waals surface area contributed by atoms with E-state index >= 15 is 0 Å². The van der Waals surface area contributed by atoms with Crippen molar-refractivity contribution in [3.05, 3.63) is 33.9 Å². The Hall–Kier alpha value is -2.84. The number of aromatic amines is 1. The van der Waals surface area contributed by atoms with Crippen LogP contribution in [0.4, 0.5) is 4.79 Å². The second-order valence-electron chi connectivity index (χ2n) is 6.44. The molecule has 9 heteroatoms. The Balaban J connectivity index is 1.83. The molecular weight excluding hydrogens is 326 g/mol. The molecular formula is C16H21N5O4. The van der Waals surface area contributed by atoms with Crippen molar-refractivity contribution in [1.29, 1.82) is 0 Å². The first-order valence-corrected chi connectivity index (χ1v) is 8.23. The van der Waals surface area contributed by atoms with Gasteiger partial charge in [-0.05, 0) is 26.7 Å². The fraction of sp³-hybridized carbons (Fsp3) is 0.500. The molecule has 3 N–H and O–H groups in total. The summed E-state index contributed by atoms with van der Waals surface area (Å²) in [6.07, 6.45) is 2.23. The van der Waals surface area contributed by atoms with Crippen LogP contribution in [0.5, 0.6) is 0 Å². The lowest BCUT2D eigenvalue weighted by Crippen LogP contribution is -2.39. The van der Waals surface area contributed by atoms with E-state index < -0.39 is 5.91 Å². The van der Waals surface area contributed by atoms with Crippen molar-refractivity contribution in [1.82, 2.24) is 19.5 Å². The maximum Gasteiger partial charge on any atom is 0.410 e. The number of nitrogens with zero attached hydrogens (tertiary/aromatic N) is 3. The lowest BCUT2D eigenvalue weighted by molar-refractivity contribution is 0.0689. The van der Waals surface area contributed by atoms with Gasteiger partial charge in [-0.2, -0.15) is 5.10 Å². The van der Waals surface area contributed by atoms with Gasteiger partial charge in [0, 0.05) is 25.1 Å². The molecule has 1 aliphatic heterocycles. The predicted molar refractivity (Wildman–Crippen MR) is 89.5 cm³/mol. The number of fused-ring (bicyclic) bond motifs is 1. The van der Waals surface area contributed by atoms with E-state index in [1.54, 1.807) is 9.42 Å². The number of amides is 2. The van der Waals surface area contributed by atoms with Gasteiger partial charge in [0.2, 0.25) is 0 Å². The molecule has 2 amide bonds. The highest BCUT2D eigenvalue weighted by Crippen LogP contribution is 2.28. The van der Waals surface area contributed by atoms with Crippen molar-refractivity contribution in [2.75, 3.05) is 13.1 Å². The van der Waals surface area contributed by atoms with E-state index in [2.05, 4.69) is 10.1 Å². The summed E-state index contributed by atoms with van der Waals surface area (Å²) in [6.45, 7) is 4.69. The minimum absolute atomic E-state index is 0.0496. The van der Waals surface area contributed by atoms with E-state index in [0.717, 1.165) is 0 Å². The number of aromatic nitrogens is 3. The quantitative estimate of drug-likeness (QED) is 0.852. The maximum atomic E-state index is 12.0. The SMILES string of the molecule is CC(C)OC(=O)N1CCC(c2cc(=O)[nH]c3c(C(N)=O)cnn23)CC1. The van der Waals surface area contributed by atoms with E-state index in [1.807, 2.05) is 13.8 Å². The summed E-state index contributed by atoms with van der Waals surface area (Å²) < 4.78 is 6.76. The maximum absolute atomic E-state index is 12.0. The second-order valence-corrected chi connectivity index (χ2v) is 6.44. The van der Waals surface area contributed by atoms with Gasteiger partial charge < -0.3 is 20.4 Å². The molecule has 1 aliphatic rings. The number of primary amides is 1. The Morgan fingerprint density at radius 2 is 2.04 bits per heavy atom. The van der Waals surface area contributed by atoms with Gasteiger partial charge in [0.05, 0.1) is 18.0 Å². The Labute approximate surface area is 143 Å². The summed E-state index contributed by atoms with van der Waals surface area (Å²) in [5.74, 6) is -0.595. The lowest BCUT2D eigenvalue weighted by Gasteiger charge is -2.31. The number of piperidine rings is 1. The second kappa shape index (κ2) is 6.58. The third-order valence-electron chi connectivity index (χ3n) is 4.31. The van der Waals surface area contributed by atoms with Crippen LogP contribution in [0.2, 0.25) is 0 Å². The number of H-pyrrole nitrogens is 1. The van der Waals surface area contributed by atoms with Gasteiger partial charge in [-0.25, -0.2) is 9.31 Å². The van der Waals surface area contributed by atoms with Crippen LogP contribution in [0.3, 0.4) is 0 Å². The van der Waals surface area contributed by atoms with Gasteiger partial charge in [0.1, 0.15) is 11.2 Å². The van der Waals surface area contributed by atoms with Crippen LogP contribution in [0, 0.1) is 0 Å². The number of carbonyl (C=O) groups is 2. The topological polar surface area (TPSA) is 123 Å². The van der Waals surface area contributed by atoms with E-state index in [1.165, 1.54) is 12.3 Å². The van der Waals surface area contributed by atoms with Gasteiger partial charge in [-0.15, -0.1) is 0 Å². The van der Waals surface area contributed by atoms with Gasteiger partial charge in [-0.3, -0.25) is 9.59 Å². The van der Waals surface area contributed by atoms with Crippen LogP contribution in [0.25, 0.3) is 5.65 Å². The number of hydrogen-bond donors (Lipinski definition) is 2. The standard InChI is InChI=1S/C16H21N5O4/c1-9(2)25-16(24)20-5-3-10(4-6-20)12-7-13(22)19-15-11(14(17)23)8-18-21(12)15/h7-10H,3-6H2,1-2H3,(H2,17,23)(H,19,22). The molecule has 0 bridgehead atoms. The van der Waals surface area contributed by atoms with Crippen LogP contribution >= 0.6 is 0 Å². The zero-order valence-corrected chi connectivity index (χ0v) is 14.2. The summed E-state index contributed by atoms with van der Waals surface area (Å²) in [4.78, 5) is 39.7. The van der Waals surface area contributed by atoms with Crippen molar-refractivity contribution in [3.63, 3.8) is 0 Å². The summed E-state index contributed by atoms with van der Waals surface area (Å²) in [6, 6.07) is 1.48. The Kier molecular flexibility index (Phi) is 4.47. The van der Waals surface area contributed by atoms with Crippen molar-refractivity contribution in [3.8, 4) is 0 Å². The average molecular weight is 347 g/mol. The molecule has 25 heavy (non-hydrogen) atoms. The van der Waals surface area contributed by atoms with E-state index in [9.17, 15) is 14.4 Å². The number of nitrogens with one attached hydrogen (secondary N) is 1. The van der Waals surface area contributed by atoms with E-state index in [0.29, 0.717) is 37.3 Å². The Morgan fingerprint density at radius 3 is 2.64 bits per heavy atom. The predicted octanol–water partition coefficient (Wildman–Crippen LogP) is 0.846. The highest BCUT2D eigenvalue weighted by molar-refractivity contribution is 5.98. The summed E-state index contributed by atoms with van der Waals surface area (Å²) in [7, 11) is 0. The Bertz CT molecular complexity index is 861. The zero-order chi connectivity index (χ0) is 18.1. The molecule has 0 aliphatic carbocycles. The van der Waals surface area contributed by atoms with Gasteiger partial charge in [-0.1, -0.05) is 0 Å². The lowest BCUT2D eigenvalue weighted by atomic mass is 9.93. The highest BCUT2D eigenvalue weighted by atomic mass is 16.6. The number of nitrogens with two attached hydrogens (primary N) is 1. The number of ether oxygens (including phenoxy) is 1. The molecule has 1 fully saturated rings. The molecule has 0 spiro atoms. The first-order valence-electron chi connectivity index (χ1n) is 8.23. The molecule has 1 saturated heterocycles. The molecule has 3 heterocycles. The highest BCUT2D eigenvalue weighted by Gasteiger charge is 2.27. The smallest absolute Gasteiger partial charge is 0.410 e. The molecule has 2 aromatic rings. The number of hydrogen-bond acceptors (Lipinski definition) is 5. The summed E-state index contributed by atoms with van der Waals surface area (Å²) in [5.41, 5.74) is 6.20. The molecule has 2 aromatic heterocycles. The van der Waals surface area contributed by atoms with Crippen LogP contribution < -0.4 is 11.3 Å². The number of likely N-dealkylation sites (tertiary alicyclic amines) is 1. The van der Waals surface area contributed by atoms with Crippen molar-refractivity contribution < 1.29 is 14.3 Å². The van der Waals surface area contributed by atoms with E-state index in [-0.39, 0.29) is 29.2 Å². The monoisotopic (exact) mass is 347 g/mol. The fourth-order valence-corrected chi connectivity index (χ4v) is 3.12. The number of carbonyl (C=O) groups excluding carboxylic acids is 2. The molecule has 0 aromatic carbocycles. The number of rotatable bonds is 3. The van der Waals surface area contributed by atoms with Gasteiger partial charge >= 0.3 is 6.09 Å². The van der Waals surface area contributed by atoms with Crippen molar-refractivity contribution in [2.24, 2.45) is 5.73 Å². The third-order valence-corrected chi connectivity index (χ3v) is 4.31. The molecule has 0 atom stereocenters. The largest absolute Gasteiger partial charge is 0.447 e. The molecule has 3 rings (SSSR count). The zero-order valence-electron chi connectivity index (χ0n) is 14.2. The fourth-order valence-electron chi connectivity index (χ4n) is 3.12. The normalized spacial score (nSPS) is 15.7. The minimum atomic E-state index is -0.644. The van der Waals surface area contributed by atoms with Crippen LogP contribution in [-0.4, -0.2) is 50.7 Å². The van der Waals surface area contributed by atoms with Crippen molar-refractivity contribution >= 4 is 17.6 Å². The van der Waals surface area contributed by atoms with Crippen LogP contribution in [0.15, 0.2) is 17.1 Å². The van der Waals surface area contributed by atoms with Crippen LogP contribution in [-0.2, 0) is 4.74 Å². The third kappa shape index (κ3) is 3.35. The Morgan fingerprint density at radius 1 is 1.36 bits per heavy atom. The van der Waals surface area contributed by atoms with E-state index in [4.69, 9.17) is 10.5 Å². The van der Waals surface area contributed by atoms with Gasteiger partial charge in [0.15, 0.2) is 0 Å².